The van der Waals surface area contributed by atoms with Crippen LogP contribution < -0.4 is 0 Å². The third kappa shape index (κ3) is 2.99. The molecule has 0 aromatic rings. The molecule has 94 valence electrons. The summed E-state index contributed by atoms with van der Waals surface area (Å²) < 4.78 is 5.24. The van der Waals surface area contributed by atoms with Crippen LogP contribution in [0.3, 0.4) is 0 Å². The molecule has 0 atom stereocenters. The fourth-order valence-corrected chi connectivity index (χ4v) is 3.77. The van der Waals surface area contributed by atoms with Crippen LogP contribution in [0.1, 0.15) is 32.1 Å². The molecule has 2 fully saturated rings. The molecule has 1 saturated heterocycles. The number of nitrogens with zero attached hydrogens (tertiary/aromatic N) is 1. The molecular formula is C13H24BrNO. The summed E-state index contributed by atoms with van der Waals surface area (Å²) in [5.41, 5.74) is 0.619. The largest absolute Gasteiger partial charge is 0.384 e. The van der Waals surface area contributed by atoms with Crippen molar-refractivity contribution in [2.24, 2.45) is 11.3 Å². The van der Waals surface area contributed by atoms with Crippen LogP contribution in [0, 0.1) is 11.3 Å². The van der Waals surface area contributed by atoms with Crippen molar-refractivity contribution in [2.75, 3.05) is 38.7 Å². The predicted octanol–water partition coefficient (Wildman–Crippen LogP) is 2.91. The van der Waals surface area contributed by atoms with Gasteiger partial charge in [0, 0.05) is 25.6 Å². The minimum Gasteiger partial charge on any atom is -0.384 e. The number of alkyl halides is 1. The fourth-order valence-electron chi connectivity index (χ4n) is 3.03. The minimum atomic E-state index is 0.619. The van der Waals surface area contributed by atoms with Crippen LogP contribution in [0.2, 0.25) is 0 Å². The zero-order valence-corrected chi connectivity index (χ0v) is 12.0. The summed E-state index contributed by atoms with van der Waals surface area (Å²) in [7, 11) is 1.82. The number of rotatable bonds is 5. The SMILES string of the molecule is COCC1CCN(CC2(CBr)CCC2)CC1. The van der Waals surface area contributed by atoms with E-state index in [4.69, 9.17) is 4.74 Å². The van der Waals surface area contributed by atoms with E-state index < -0.39 is 0 Å². The van der Waals surface area contributed by atoms with Crippen LogP contribution in [0.5, 0.6) is 0 Å². The number of halogens is 1. The van der Waals surface area contributed by atoms with Gasteiger partial charge in [0.25, 0.3) is 0 Å². The molecule has 0 amide bonds. The van der Waals surface area contributed by atoms with Gasteiger partial charge >= 0.3 is 0 Å². The van der Waals surface area contributed by atoms with Gasteiger partial charge in [-0.3, -0.25) is 0 Å². The quantitative estimate of drug-likeness (QED) is 0.722. The molecule has 0 spiro atoms. The van der Waals surface area contributed by atoms with Crippen molar-refractivity contribution >= 4 is 15.9 Å². The number of likely N-dealkylation sites (tertiary alicyclic amines) is 1. The maximum Gasteiger partial charge on any atom is 0.0491 e. The number of ether oxygens (including phenoxy) is 1. The third-order valence-corrected chi connectivity index (χ3v) is 5.56. The van der Waals surface area contributed by atoms with Gasteiger partial charge in [0.05, 0.1) is 0 Å². The molecule has 3 heteroatoms. The van der Waals surface area contributed by atoms with Crippen molar-refractivity contribution < 1.29 is 4.74 Å². The first-order valence-electron chi connectivity index (χ1n) is 6.55. The van der Waals surface area contributed by atoms with Crippen LogP contribution in [0.15, 0.2) is 0 Å². The lowest BCUT2D eigenvalue weighted by Crippen LogP contribution is -2.46. The number of methoxy groups -OCH3 is 1. The number of piperidine rings is 1. The van der Waals surface area contributed by atoms with Crippen LogP contribution in [0.4, 0.5) is 0 Å². The molecule has 2 nitrogen and oxygen atoms in total. The monoisotopic (exact) mass is 289 g/mol. The van der Waals surface area contributed by atoms with Gasteiger partial charge in [-0.05, 0) is 50.1 Å². The smallest absolute Gasteiger partial charge is 0.0491 e. The van der Waals surface area contributed by atoms with Gasteiger partial charge in [0.1, 0.15) is 0 Å². The highest BCUT2D eigenvalue weighted by Gasteiger charge is 2.37. The average molecular weight is 290 g/mol. The molecule has 0 radical (unpaired) electrons. The standard InChI is InChI=1S/C13H24BrNO/c1-16-9-12-3-7-15(8-4-12)11-13(10-14)5-2-6-13/h12H,2-11H2,1H3. The van der Waals surface area contributed by atoms with E-state index in [9.17, 15) is 0 Å². The molecule has 0 bridgehead atoms. The average Bonchev–Trinajstić information content (AvgIpc) is 2.26. The summed E-state index contributed by atoms with van der Waals surface area (Å²) in [5, 5.41) is 1.19. The molecule has 2 rings (SSSR count). The third-order valence-electron chi connectivity index (χ3n) is 4.37. The first-order chi connectivity index (χ1) is 7.78. The Hall–Kier alpha value is 0.400. The minimum absolute atomic E-state index is 0.619. The topological polar surface area (TPSA) is 12.5 Å². The van der Waals surface area contributed by atoms with Crippen molar-refractivity contribution in [1.29, 1.82) is 0 Å². The van der Waals surface area contributed by atoms with Crippen LogP contribution in [0.25, 0.3) is 0 Å². The van der Waals surface area contributed by atoms with E-state index in [1.54, 1.807) is 0 Å². The van der Waals surface area contributed by atoms with Gasteiger partial charge in [0.2, 0.25) is 0 Å². The first kappa shape index (κ1) is 12.8. The first-order valence-corrected chi connectivity index (χ1v) is 7.67. The Morgan fingerprint density at radius 2 is 2.00 bits per heavy atom. The van der Waals surface area contributed by atoms with Gasteiger partial charge in [-0.15, -0.1) is 0 Å². The maximum absolute atomic E-state index is 5.24. The Morgan fingerprint density at radius 1 is 1.31 bits per heavy atom. The van der Waals surface area contributed by atoms with Gasteiger partial charge in [-0.1, -0.05) is 22.4 Å². The summed E-state index contributed by atoms with van der Waals surface area (Å²) in [5.74, 6) is 0.808. The maximum atomic E-state index is 5.24. The summed E-state index contributed by atoms with van der Waals surface area (Å²) in [6.45, 7) is 4.83. The van der Waals surface area contributed by atoms with Gasteiger partial charge in [-0.25, -0.2) is 0 Å². The van der Waals surface area contributed by atoms with E-state index in [-0.39, 0.29) is 0 Å². The molecule has 1 aliphatic carbocycles. The molecule has 1 aliphatic heterocycles. The normalized spacial score (nSPS) is 26.6. The lowest BCUT2D eigenvalue weighted by Gasteiger charge is -2.45. The van der Waals surface area contributed by atoms with E-state index >= 15 is 0 Å². The summed E-state index contributed by atoms with van der Waals surface area (Å²) in [4.78, 5) is 2.67. The Morgan fingerprint density at radius 3 is 2.44 bits per heavy atom. The molecule has 1 saturated carbocycles. The van der Waals surface area contributed by atoms with Crippen LogP contribution in [-0.2, 0) is 4.74 Å². The van der Waals surface area contributed by atoms with E-state index in [1.807, 2.05) is 7.11 Å². The highest BCUT2D eigenvalue weighted by Crippen LogP contribution is 2.43. The van der Waals surface area contributed by atoms with Crippen LogP contribution in [-0.4, -0.2) is 43.6 Å². The molecule has 2 aliphatic rings. The van der Waals surface area contributed by atoms with E-state index in [0.717, 1.165) is 12.5 Å². The Balaban J connectivity index is 1.72. The second-order valence-corrected chi connectivity index (χ2v) is 6.22. The lowest BCUT2D eigenvalue weighted by molar-refractivity contribution is 0.0506. The summed E-state index contributed by atoms with van der Waals surface area (Å²) in [6.07, 6.45) is 6.94. The molecule has 1 heterocycles. The molecular weight excluding hydrogens is 266 g/mol. The highest BCUT2D eigenvalue weighted by atomic mass is 79.9. The fraction of sp³-hybridized carbons (Fsp3) is 1.00. The number of hydrogen-bond acceptors (Lipinski definition) is 2. The Labute approximate surface area is 108 Å². The second kappa shape index (κ2) is 5.83. The zero-order chi connectivity index (χ0) is 11.4. The van der Waals surface area contributed by atoms with Crippen LogP contribution >= 0.6 is 15.9 Å². The highest BCUT2D eigenvalue weighted by molar-refractivity contribution is 9.09. The Kier molecular flexibility index (Phi) is 4.68. The summed E-state index contributed by atoms with van der Waals surface area (Å²) in [6, 6.07) is 0. The molecule has 0 unspecified atom stereocenters. The van der Waals surface area contributed by atoms with Gasteiger partial charge < -0.3 is 9.64 Å². The zero-order valence-electron chi connectivity index (χ0n) is 10.4. The van der Waals surface area contributed by atoms with E-state index in [0.29, 0.717) is 5.41 Å². The van der Waals surface area contributed by atoms with Crippen molar-refractivity contribution in [3.8, 4) is 0 Å². The molecule has 16 heavy (non-hydrogen) atoms. The second-order valence-electron chi connectivity index (χ2n) is 5.66. The van der Waals surface area contributed by atoms with Gasteiger partial charge in [0.15, 0.2) is 0 Å². The predicted molar refractivity (Wildman–Crippen MR) is 71.1 cm³/mol. The van der Waals surface area contributed by atoms with Crippen molar-refractivity contribution in [2.45, 2.75) is 32.1 Å². The lowest BCUT2D eigenvalue weighted by atomic mass is 9.70. The molecule has 0 aromatic heterocycles. The van der Waals surface area contributed by atoms with E-state index in [2.05, 4.69) is 20.8 Å². The van der Waals surface area contributed by atoms with Crippen molar-refractivity contribution in [1.82, 2.24) is 4.90 Å². The van der Waals surface area contributed by atoms with Crippen molar-refractivity contribution in [3.05, 3.63) is 0 Å². The molecule has 0 aromatic carbocycles. The van der Waals surface area contributed by atoms with Gasteiger partial charge in [-0.2, -0.15) is 0 Å². The Bertz CT molecular complexity index is 204. The van der Waals surface area contributed by atoms with E-state index in [1.165, 1.54) is 57.1 Å². The molecule has 0 N–H and O–H groups in total. The summed E-state index contributed by atoms with van der Waals surface area (Å²) >= 11 is 3.70. The van der Waals surface area contributed by atoms with Crippen molar-refractivity contribution in [3.63, 3.8) is 0 Å². The number of hydrogen-bond donors (Lipinski definition) is 0.